The first-order chi connectivity index (χ1) is 14.0. The predicted octanol–water partition coefficient (Wildman–Crippen LogP) is 5.46. The molecule has 0 aliphatic rings. The Morgan fingerprint density at radius 1 is 1.07 bits per heavy atom. The van der Waals surface area contributed by atoms with Gasteiger partial charge >= 0.3 is 0 Å². The van der Waals surface area contributed by atoms with E-state index in [1.807, 2.05) is 66.1 Å². The number of halogens is 1. The number of hydrogen-bond donors (Lipinski definition) is 1. The van der Waals surface area contributed by atoms with Crippen LogP contribution in [0.4, 0.5) is 0 Å². The highest BCUT2D eigenvalue weighted by molar-refractivity contribution is 6.31. The number of aromatic nitrogens is 1. The molecule has 2 aromatic heterocycles. The van der Waals surface area contributed by atoms with Crippen molar-refractivity contribution in [2.45, 2.75) is 33.0 Å². The van der Waals surface area contributed by atoms with Gasteiger partial charge < -0.3 is 14.3 Å². The van der Waals surface area contributed by atoms with Gasteiger partial charge in [-0.05, 0) is 61.2 Å². The van der Waals surface area contributed by atoms with Crippen LogP contribution in [-0.2, 0) is 13.1 Å². The zero-order valence-corrected chi connectivity index (χ0v) is 17.2. The lowest BCUT2D eigenvalue weighted by Crippen LogP contribution is -2.29. The minimum absolute atomic E-state index is 0.00891. The molecule has 0 aliphatic carbocycles. The van der Waals surface area contributed by atoms with Crippen LogP contribution in [0, 0.1) is 6.92 Å². The summed E-state index contributed by atoms with van der Waals surface area (Å²) in [5.74, 6) is 0.845. The van der Waals surface area contributed by atoms with E-state index in [4.69, 9.17) is 16.0 Å². The van der Waals surface area contributed by atoms with E-state index in [0.717, 1.165) is 27.8 Å². The standard InChI is InChI=1S/C24H23ClN2O2/c1-16-9-10-22-19(12-16)13-20(14-26-17(2)23-8-5-11-29-23)24(28)27(22)15-18-6-3-4-7-21(18)25/h3-13,17,26H,14-15H2,1-2H3. The van der Waals surface area contributed by atoms with Gasteiger partial charge in [-0.25, -0.2) is 0 Å². The van der Waals surface area contributed by atoms with Crippen LogP contribution in [0.15, 0.2) is 76.1 Å². The summed E-state index contributed by atoms with van der Waals surface area (Å²) in [4.78, 5) is 13.3. The van der Waals surface area contributed by atoms with Crippen molar-refractivity contribution in [3.63, 3.8) is 0 Å². The molecule has 148 valence electrons. The highest BCUT2D eigenvalue weighted by atomic mass is 35.5. The van der Waals surface area contributed by atoms with E-state index in [-0.39, 0.29) is 11.6 Å². The summed E-state index contributed by atoms with van der Waals surface area (Å²) in [6.07, 6.45) is 1.66. The predicted molar refractivity (Wildman–Crippen MR) is 117 cm³/mol. The summed E-state index contributed by atoms with van der Waals surface area (Å²) >= 11 is 6.36. The molecule has 2 aromatic carbocycles. The molecule has 5 heteroatoms. The largest absolute Gasteiger partial charge is 0.468 e. The zero-order valence-electron chi connectivity index (χ0n) is 16.5. The first-order valence-corrected chi connectivity index (χ1v) is 10.0. The van der Waals surface area contributed by atoms with Gasteiger partial charge in [0, 0.05) is 17.1 Å². The molecule has 0 saturated heterocycles. The summed E-state index contributed by atoms with van der Waals surface area (Å²) in [5.41, 5.74) is 3.69. The SMILES string of the molecule is Cc1ccc2c(c1)cc(CNC(C)c1ccco1)c(=O)n2Cc1ccccc1Cl. The second-order valence-corrected chi connectivity index (χ2v) is 7.74. The van der Waals surface area contributed by atoms with Gasteiger partial charge in [0.15, 0.2) is 0 Å². The fourth-order valence-electron chi connectivity index (χ4n) is 3.55. The van der Waals surface area contributed by atoms with Gasteiger partial charge in [0.1, 0.15) is 5.76 Å². The molecule has 0 fully saturated rings. The molecule has 0 bridgehead atoms. The van der Waals surface area contributed by atoms with Crippen molar-refractivity contribution in [3.8, 4) is 0 Å². The first-order valence-electron chi connectivity index (χ1n) is 9.66. The van der Waals surface area contributed by atoms with Crippen molar-refractivity contribution in [1.29, 1.82) is 0 Å². The quantitative estimate of drug-likeness (QED) is 0.462. The monoisotopic (exact) mass is 406 g/mol. The van der Waals surface area contributed by atoms with E-state index in [0.29, 0.717) is 23.7 Å². The van der Waals surface area contributed by atoms with Crippen LogP contribution in [0.2, 0.25) is 5.02 Å². The van der Waals surface area contributed by atoms with E-state index in [1.54, 1.807) is 6.26 Å². The molecule has 4 rings (SSSR count). The van der Waals surface area contributed by atoms with Crippen molar-refractivity contribution in [3.05, 3.63) is 105 Å². The van der Waals surface area contributed by atoms with E-state index >= 15 is 0 Å². The van der Waals surface area contributed by atoms with Crippen LogP contribution < -0.4 is 10.9 Å². The van der Waals surface area contributed by atoms with Gasteiger partial charge in [0.25, 0.3) is 5.56 Å². The number of benzene rings is 2. The molecule has 4 aromatic rings. The van der Waals surface area contributed by atoms with Crippen LogP contribution in [0.25, 0.3) is 10.9 Å². The Hall–Kier alpha value is -2.82. The summed E-state index contributed by atoms with van der Waals surface area (Å²) in [6.45, 7) is 4.96. The minimum atomic E-state index is -0.0135. The number of furan rings is 1. The van der Waals surface area contributed by atoms with E-state index < -0.39 is 0 Å². The second-order valence-electron chi connectivity index (χ2n) is 7.33. The number of nitrogens with one attached hydrogen (secondary N) is 1. The van der Waals surface area contributed by atoms with Gasteiger partial charge in [0.2, 0.25) is 0 Å². The average Bonchev–Trinajstić information content (AvgIpc) is 3.25. The highest BCUT2D eigenvalue weighted by Gasteiger charge is 2.13. The lowest BCUT2D eigenvalue weighted by Gasteiger charge is -2.16. The van der Waals surface area contributed by atoms with E-state index in [1.165, 1.54) is 0 Å². The number of rotatable bonds is 6. The van der Waals surface area contributed by atoms with Crippen molar-refractivity contribution < 1.29 is 4.42 Å². The first kappa shape index (κ1) is 19.5. The normalized spacial score (nSPS) is 12.4. The number of hydrogen-bond acceptors (Lipinski definition) is 3. The van der Waals surface area contributed by atoms with Crippen LogP contribution in [0.5, 0.6) is 0 Å². The number of nitrogens with zero attached hydrogens (tertiary/aromatic N) is 1. The van der Waals surface area contributed by atoms with Crippen molar-refractivity contribution in [2.75, 3.05) is 0 Å². The fraction of sp³-hybridized carbons (Fsp3) is 0.208. The Morgan fingerprint density at radius 2 is 1.90 bits per heavy atom. The Bertz CT molecular complexity index is 1200. The summed E-state index contributed by atoms with van der Waals surface area (Å²) in [7, 11) is 0. The van der Waals surface area contributed by atoms with Crippen molar-refractivity contribution in [2.24, 2.45) is 0 Å². The van der Waals surface area contributed by atoms with Gasteiger partial charge in [-0.1, -0.05) is 41.4 Å². The molecule has 0 aliphatic heterocycles. The number of fused-ring (bicyclic) bond motifs is 1. The van der Waals surface area contributed by atoms with E-state index in [9.17, 15) is 4.79 Å². The summed E-state index contributed by atoms with van der Waals surface area (Å²) in [6, 6.07) is 19.6. The van der Waals surface area contributed by atoms with Crippen molar-refractivity contribution >= 4 is 22.5 Å². The molecule has 1 atom stereocenters. The Morgan fingerprint density at radius 3 is 2.66 bits per heavy atom. The second kappa shape index (κ2) is 8.27. The van der Waals surface area contributed by atoms with Crippen LogP contribution in [-0.4, -0.2) is 4.57 Å². The maximum Gasteiger partial charge on any atom is 0.255 e. The molecule has 29 heavy (non-hydrogen) atoms. The molecular weight excluding hydrogens is 384 g/mol. The maximum absolute atomic E-state index is 13.3. The molecule has 0 radical (unpaired) electrons. The van der Waals surface area contributed by atoms with Crippen LogP contribution >= 0.6 is 11.6 Å². The Balaban J connectivity index is 1.74. The third kappa shape index (κ3) is 4.14. The minimum Gasteiger partial charge on any atom is -0.468 e. The molecule has 4 nitrogen and oxygen atoms in total. The molecular formula is C24H23ClN2O2. The summed E-state index contributed by atoms with van der Waals surface area (Å²) < 4.78 is 7.27. The maximum atomic E-state index is 13.3. The number of aryl methyl sites for hydroxylation is 1. The van der Waals surface area contributed by atoms with Gasteiger partial charge in [0.05, 0.1) is 24.4 Å². The molecule has 0 spiro atoms. The Labute approximate surface area is 174 Å². The zero-order chi connectivity index (χ0) is 20.4. The molecule has 0 amide bonds. The van der Waals surface area contributed by atoms with Crippen LogP contribution in [0.3, 0.4) is 0 Å². The third-order valence-corrected chi connectivity index (χ3v) is 5.55. The fourth-order valence-corrected chi connectivity index (χ4v) is 3.74. The van der Waals surface area contributed by atoms with Gasteiger partial charge in [-0.2, -0.15) is 0 Å². The smallest absolute Gasteiger partial charge is 0.255 e. The molecule has 2 heterocycles. The average molecular weight is 407 g/mol. The Kier molecular flexibility index (Phi) is 5.56. The van der Waals surface area contributed by atoms with Gasteiger partial charge in [-0.3, -0.25) is 4.79 Å². The topological polar surface area (TPSA) is 47.2 Å². The van der Waals surface area contributed by atoms with Gasteiger partial charge in [-0.15, -0.1) is 0 Å². The van der Waals surface area contributed by atoms with E-state index in [2.05, 4.69) is 18.3 Å². The van der Waals surface area contributed by atoms with Crippen LogP contribution in [0.1, 0.15) is 35.4 Å². The third-order valence-electron chi connectivity index (χ3n) is 5.18. The lowest BCUT2D eigenvalue weighted by atomic mass is 10.1. The van der Waals surface area contributed by atoms with Crippen molar-refractivity contribution in [1.82, 2.24) is 9.88 Å². The molecule has 1 unspecified atom stereocenters. The molecule has 1 N–H and O–H groups in total. The number of pyridine rings is 1. The lowest BCUT2D eigenvalue weighted by molar-refractivity contribution is 0.429. The summed E-state index contributed by atoms with van der Waals surface area (Å²) in [5, 5.41) is 5.09. The molecule has 0 saturated carbocycles. The highest BCUT2D eigenvalue weighted by Crippen LogP contribution is 2.21.